The van der Waals surface area contributed by atoms with Gasteiger partial charge >= 0.3 is 12.1 Å². The molecular weight excluding hydrogens is 309 g/mol. The third-order valence-corrected chi connectivity index (χ3v) is 2.73. The van der Waals surface area contributed by atoms with Crippen LogP contribution in [0.5, 0.6) is 0 Å². The van der Waals surface area contributed by atoms with Gasteiger partial charge in [0.25, 0.3) is 5.69 Å². The Balaban J connectivity index is 2.86. The van der Waals surface area contributed by atoms with Crippen LogP contribution >= 0.6 is 0 Å². The van der Waals surface area contributed by atoms with Crippen molar-refractivity contribution in [2.24, 2.45) is 0 Å². The van der Waals surface area contributed by atoms with E-state index in [0.29, 0.717) is 0 Å². The van der Waals surface area contributed by atoms with Gasteiger partial charge in [-0.1, -0.05) is 0 Å². The molecule has 7 nitrogen and oxygen atoms in total. The van der Waals surface area contributed by atoms with E-state index in [1.54, 1.807) is 0 Å². The topological polar surface area (TPSA) is 102 Å². The molecule has 0 radical (unpaired) electrons. The third kappa shape index (κ3) is 4.58. The van der Waals surface area contributed by atoms with Gasteiger partial charge in [0.1, 0.15) is 0 Å². The van der Waals surface area contributed by atoms with Crippen molar-refractivity contribution in [1.29, 1.82) is 0 Å². The number of alkyl halides is 3. The molecule has 1 atom stereocenters. The molecule has 122 valence electrons. The van der Waals surface area contributed by atoms with Crippen molar-refractivity contribution in [3.05, 3.63) is 33.9 Å². The quantitative estimate of drug-likeness (QED) is 0.472. The molecule has 0 saturated heterocycles. The van der Waals surface area contributed by atoms with Crippen LogP contribution in [0.4, 0.5) is 24.5 Å². The minimum absolute atomic E-state index is 0.0758. The number of esters is 1. The Morgan fingerprint density at radius 2 is 2.14 bits per heavy atom. The van der Waals surface area contributed by atoms with Gasteiger partial charge in [0.2, 0.25) is 0 Å². The smallest absolute Gasteiger partial charge is 0.414 e. The van der Waals surface area contributed by atoms with Gasteiger partial charge in [-0.05, 0) is 12.5 Å². The molecule has 1 aromatic rings. The Morgan fingerprint density at radius 1 is 1.50 bits per heavy atom. The zero-order chi connectivity index (χ0) is 16.9. The number of anilines is 1. The van der Waals surface area contributed by atoms with Gasteiger partial charge in [0.05, 0.1) is 17.6 Å². The Hall–Kier alpha value is -2.36. The molecule has 0 amide bonds. The largest absolute Gasteiger partial charge is 0.465 e. The first-order valence-corrected chi connectivity index (χ1v) is 6.02. The fraction of sp³-hybridized carbons (Fsp3) is 0.417. The highest BCUT2D eigenvalue weighted by atomic mass is 19.4. The van der Waals surface area contributed by atoms with E-state index in [9.17, 15) is 28.1 Å². The number of nitro benzene ring substituents is 1. The van der Waals surface area contributed by atoms with Crippen LogP contribution in [0.1, 0.15) is 16.8 Å². The van der Waals surface area contributed by atoms with Gasteiger partial charge in [-0.2, -0.15) is 13.2 Å². The number of aliphatic hydroxyl groups is 1. The minimum Gasteiger partial charge on any atom is -0.465 e. The summed E-state index contributed by atoms with van der Waals surface area (Å²) in [5.74, 6) is -0.873. The maximum absolute atomic E-state index is 12.2. The number of carbonyl (C=O) groups is 1. The fourth-order valence-corrected chi connectivity index (χ4v) is 1.59. The summed E-state index contributed by atoms with van der Waals surface area (Å²) in [4.78, 5) is 21.5. The Morgan fingerprint density at radius 3 is 2.64 bits per heavy atom. The normalized spacial score (nSPS) is 12.6. The maximum Gasteiger partial charge on any atom is 0.414 e. The first-order chi connectivity index (χ1) is 10.2. The van der Waals surface area contributed by atoms with Gasteiger partial charge < -0.3 is 15.2 Å². The minimum atomic E-state index is -4.73. The first-order valence-electron chi connectivity index (χ1n) is 6.02. The van der Waals surface area contributed by atoms with Crippen LogP contribution in [-0.2, 0) is 4.74 Å². The number of nitrogens with one attached hydrogen (secondary N) is 1. The lowest BCUT2D eigenvalue weighted by Crippen LogP contribution is -2.30. The molecule has 1 aromatic carbocycles. The van der Waals surface area contributed by atoms with Crippen LogP contribution in [0.15, 0.2) is 18.2 Å². The highest BCUT2D eigenvalue weighted by molar-refractivity contribution is 5.96. The van der Waals surface area contributed by atoms with Crippen molar-refractivity contribution in [3.8, 4) is 0 Å². The average molecular weight is 322 g/mol. The lowest BCUT2D eigenvalue weighted by Gasteiger charge is -2.16. The second-order valence-electron chi connectivity index (χ2n) is 4.25. The number of ether oxygens (including phenoxy) is 1. The summed E-state index contributed by atoms with van der Waals surface area (Å²) >= 11 is 0. The molecule has 0 fully saturated rings. The van der Waals surface area contributed by atoms with Gasteiger partial charge in [0, 0.05) is 24.4 Å². The van der Waals surface area contributed by atoms with Crippen LogP contribution in [0.3, 0.4) is 0 Å². The number of nitrogens with zero attached hydrogens (tertiary/aromatic N) is 1. The lowest BCUT2D eigenvalue weighted by molar-refractivity contribution is -0.384. The number of aliphatic hydroxyl groups excluding tert-OH is 1. The van der Waals surface area contributed by atoms with E-state index >= 15 is 0 Å². The summed E-state index contributed by atoms with van der Waals surface area (Å²) in [5, 5.41) is 22.0. The summed E-state index contributed by atoms with van der Waals surface area (Å²) in [5.41, 5.74) is -0.466. The van der Waals surface area contributed by atoms with E-state index in [4.69, 9.17) is 5.11 Å². The number of hydrogen-bond donors (Lipinski definition) is 2. The van der Waals surface area contributed by atoms with E-state index < -0.39 is 29.6 Å². The summed E-state index contributed by atoms with van der Waals surface area (Å²) < 4.78 is 40.9. The number of benzene rings is 1. The number of halogens is 3. The second kappa shape index (κ2) is 7.07. The molecule has 0 aliphatic carbocycles. The Labute approximate surface area is 122 Å². The molecule has 0 aliphatic rings. The number of hydrogen-bond acceptors (Lipinski definition) is 6. The molecular formula is C12H13F3N2O5. The summed E-state index contributed by atoms with van der Waals surface area (Å²) in [6.07, 6.45) is -7.87. The molecule has 0 heterocycles. The van der Waals surface area contributed by atoms with Crippen molar-refractivity contribution in [2.75, 3.05) is 19.0 Å². The highest BCUT2D eigenvalue weighted by Crippen LogP contribution is 2.25. The number of nitro groups is 1. The zero-order valence-electron chi connectivity index (χ0n) is 11.4. The van der Waals surface area contributed by atoms with Crippen molar-refractivity contribution < 1.29 is 32.7 Å². The van der Waals surface area contributed by atoms with E-state index in [0.717, 1.165) is 19.2 Å². The van der Waals surface area contributed by atoms with Crippen LogP contribution < -0.4 is 5.32 Å². The molecule has 1 rings (SSSR count). The Kier molecular flexibility index (Phi) is 5.69. The predicted molar refractivity (Wildman–Crippen MR) is 69.6 cm³/mol. The third-order valence-electron chi connectivity index (χ3n) is 2.73. The molecule has 1 unspecified atom stereocenters. The van der Waals surface area contributed by atoms with Crippen molar-refractivity contribution in [2.45, 2.75) is 18.7 Å². The monoisotopic (exact) mass is 322 g/mol. The van der Waals surface area contributed by atoms with Crippen LogP contribution in [0.2, 0.25) is 0 Å². The lowest BCUT2D eigenvalue weighted by atomic mass is 10.1. The van der Waals surface area contributed by atoms with Crippen LogP contribution in [0, 0.1) is 10.1 Å². The number of carbonyl (C=O) groups excluding carboxylic acids is 1. The zero-order valence-corrected chi connectivity index (χ0v) is 11.4. The SMILES string of the molecule is COC(=O)c1cc([N+](=O)[O-])ccc1NCCC(O)C(F)(F)F. The predicted octanol–water partition coefficient (Wildman–Crippen LogP) is 2.11. The molecule has 2 N–H and O–H groups in total. The number of methoxy groups -OCH3 is 1. The summed E-state index contributed by atoms with van der Waals surface area (Å²) in [6.45, 7) is -0.289. The molecule has 0 aromatic heterocycles. The van der Waals surface area contributed by atoms with Gasteiger partial charge in [-0.25, -0.2) is 4.79 Å². The molecule has 0 bridgehead atoms. The van der Waals surface area contributed by atoms with Crippen LogP contribution in [-0.4, -0.2) is 41.9 Å². The van der Waals surface area contributed by atoms with Crippen LogP contribution in [0.25, 0.3) is 0 Å². The first kappa shape index (κ1) is 17.7. The van der Waals surface area contributed by atoms with Crippen molar-refractivity contribution >= 4 is 17.3 Å². The molecule has 22 heavy (non-hydrogen) atoms. The second-order valence-corrected chi connectivity index (χ2v) is 4.25. The molecule has 0 saturated carbocycles. The molecule has 0 aliphatic heterocycles. The maximum atomic E-state index is 12.2. The van der Waals surface area contributed by atoms with E-state index in [-0.39, 0.29) is 23.5 Å². The number of rotatable bonds is 6. The molecule has 10 heteroatoms. The summed E-state index contributed by atoms with van der Waals surface area (Å²) in [7, 11) is 1.07. The Bertz CT molecular complexity index is 562. The van der Waals surface area contributed by atoms with Gasteiger partial charge in [-0.15, -0.1) is 0 Å². The highest BCUT2D eigenvalue weighted by Gasteiger charge is 2.37. The van der Waals surface area contributed by atoms with Gasteiger partial charge in [-0.3, -0.25) is 10.1 Å². The molecule has 0 spiro atoms. The van der Waals surface area contributed by atoms with E-state index in [1.165, 1.54) is 6.07 Å². The van der Waals surface area contributed by atoms with Crippen molar-refractivity contribution in [3.63, 3.8) is 0 Å². The fourth-order valence-electron chi connectivity index (χ4n) is 1.59. The standard InChI is InChI=1S/C12H13F3N2O5/c1-22-11(19)8-6-7(17(20)21)2-3-9(8)16-5-4-10(18)12(13,14)15/h2-3,6,10,16,18H,4-5H2,1H3. The number of non-ortho nitro benzene ring substituents is 1. The van der Waals surface area contributed by atoms with E-state index in [1.807, 2.05) is 0 Å². The van der Waals surface area contributed by atoms with E-state index in [2.05, 4.69) is 10.1 Å². The van der Waals surface area contributed by atoms with Gasteiger partial charge in [0.15, 0.2) is 6.10 Å². The summed E-state index contributed by atoms with van der Waals surface area (Å²) in [6, 6.07) is 3.23. The average Bonchev–Trinajstić information content (AvgIpc) is 2.45. The van der Waals surface area contributed by atoms with Crippen molar-refractivity contribution in [1.82, 2.24) is 0 Å².